The average Bonchev–Trinajstić information content (AvgIpc) is 1.85. The Morgan fingerprint density at radius 3 is 1.20 bits per heavy atom. The Hall–Kier alpha value is -0.660. The zero-order chi connectivity index (χ0) is 8.57. The van der Waals surface area contributed by atoms with Gasteiger partial charge in [-0.15, -0.1) is 0 Å². The zero-order valence-electron chi connectivity index (χ0n) is 7.23. The summed E-state index contributed by atoms with van der Waals surface area (Å²) < 4.78 is 0. The summed E-state index contributed by atoms with van der Waals surface area (Å²) in [5.41, 5.74) is 0. The van der Waals surface area contributed by atoms with E-state index in [0.29, 0.717) is 18.6 Å². The van der Waals surface area contributed by atoms with Crippen LogP contribution in [0.1, 0.15) is 40.5 Å². The van der Waals surface area contributed by atoms with Gasteiger partial charge in [-0.2, -0.15) is 0 Å². The second kappa shape index (κ2) is 8.34. The van der Waals surface area contributed by atoms with Crippen molar-refractivity contribution in [1.82, 2.24) is 0 Å². The third-order valence-electron chi connectivity index (χ3n) is 0.789. The molecule has 0 amide bonds. The van der Waals surface area contributed by atoms with Crippen LogP contribution < -0.4 is 0 Å². The van der Waals surface area contributed by atoms with Gasteiger partial charge in [0.05, 0.1) is 0 Å². The molecule has 0 aromatic heterocycles. The smallest absolute Gasteiger partial charge is 0.132 e. The van der Waals surface area contributed by atoms with Crippen molar-refractivity contribution < 1.29 is 9.59 Å². The fourth-order valence-corrected chi connectivity index (χ4v) is 0.250. The second-order valence-electron chi connectivity index (χ2n) is 2.15. The van der Waals surface area contributed by atoms with E-state index >= 15 is 0 Å². The molecule has 0 aromatic rings. The van der Waals surface area contributed by atoms with Crippen LogP contribution in [0.15, 0.2) is 0 Å². The van der Waals surface area contributed by atoms with Gasteiger partial charge in [0.25, 0.3) is 0 Å². The normalized spacial score (nSPS) is 7.60. The minimum Gasteiger partial charge on any atom is -0.300 e. The van der Waals surface area contributed by atoms with Crippen LogP contribution in [0.25, 0.3) is 0 Å². The van der Waals surface area contributed by atoms with Crippen LogP contribution >= 0.6 is 0 Å². The highest BCUT2D eigenvalue weighted by molar-refractivity contribution is 5.77. The molecule has 0 bridgehead atoms. The molecule has 0 heterocycles. The summed E-state index contributed by atoms with van der Waals surface area (Å²) in [5.74, 6) is 0.509. The van der Waals surface area contributed by atoms with E-state index in [-0.39, 0.29) is 5.78 Å². The molecule has 0 unspecified atom stereocenters. The van der Waals surface area contributed by atoms with Gasteiger partial charge in [-0.25, -0.2) is 0 Å². The van der Waals surface area contributed by atoms with Gasteiger partial charge in [0.2, 0.25) is 0 Å². The summed E-state index contributed by atoms with van der Waals surface area (Å²) in [6, 6.07) is 0. The quantitative estimate of drug-likeness (QED) is 0.593. The Morgan fingerprint density at radius 2 is 1.20 bits per heavy atom. The minimum atomic E-state index is 0.167. The number of carbonyl (C=O) groups excluding carboxylic acids is 2. The molecule has 0 saturated carbocycles. The molecule has 0 N–H and O–H groups in total. The predicted molar refractivity (Wildman–Crippen MR) is 41.9 cm³/mol. The van der Waals surface area contributed by atoms with Crippen molar-refractivity contribution in [1.29, 1.82) is 0 Å². The molecule has 0 spiro atoms. The predicted octanol–water partition coefficient (Wildman–Crippen LogP) is 1.97. The van der Waals surface area contributed by atoms with E-state index in [0.717, 1.165) is 0 Å². The SMILES string of the molecule is CC(C)=O.CCC(=O)CC. The zero-order valence-corrected chi connectivity index (χ0v) is 7.23. The third kappa shape index (κ3) is 26.4. The summed E-state index contributed by atoms with van der Waals surface area (Å²) in [6.07, 6.45) is 1.38. The number of carbonyl (C=O) groups is 2. The number of hydrogen-bond donors (Lipinski definition) is 0. The van der Waals surface area contributed by atoms with Crippen LogP contribution in [-0.2, 0) is 9.59 Å². The molecule has 10 heavy (non-hydrogen) atoms. The van der Waals surface area contributed by atoms with Crippen LogP contribution in [0.3, 0.4) is 0 Å². The molecular formula is C8H16O2. The molecule has 2 heteroatoms. The lowest BCUT2D eigenvalue weighted by Crippen LogP contribution is -1.88. The lowest BCUT2D eigenvalue weighted by molar-refractivity contribution is -0.118. The van der Waals surface area contributed by atoms with Gasteiger partial charge >= 0.3 is 0 Å². The van der Waals surface area contributed by atoms with Crippen LogP contribution in [0, 0.1) is 0 Å². The Balaban J connectivity index is 0. The molecule has 2 nitrogen and oxygen atoms in total. The summed E-state index contributed by atoms with van der Waals surface area (Å²) in [7, 11) is 0. The molecule has 0 saturated heterocycles. The summed E-state index contributed by atoms with van der Waals surface area (Å²) in [6.45, 7) is 6.82. The first-order valence-electron chi connectivity index (χ1n) is 3.53. The molecule has 0 radical (unpaired) electrons. The average molecular weight is 144 g/mol. The first-order valence-corrected chi connectivity index (χ1v) is 3.53. The highest BCUT2D eigenvalue weighted by atomic mass is 16.1. The highest BCUT2D eigenvalue weighted by Crippen LogP contribution is 1.83. The third-order valence-corrected chi connectivity index (χ3v) is 0.789. The summed E-state index contributed by atoms with van der Waals surface area (Å²) >= 11 is 0. The molecule has 0 rings (SSSR count). The van der Waals surface area contributed by atoms with Crippen molar-refractivity contribution in [3.05, 3.63) is 0 Å². The fourth-order valence-electron chi connectivity index (χ4n) is 0.250. The van der Waals surface area contributed by atoms with E-state index in [1.807, 2.05) is 13.8 Å². The van der Waals surface area contributed by atoms with Gasteiger partial charge in [0.15, 0.2) is 0 Å². The Labute approximate surface area is 62.6 Å². The van der Waals surface area contributed by atoms with Crippen molar-refractivity contribution in [2.75, 3.05) is 0 Å². The standard InChI is InChI=1S/C5H10O.C3H6O/c1-3-5(6)4-2;1-3(2)4/h3-4H2,1-2H3;1-2H3. The molecule has 0 aliphatic heterocycles. The van der Waals surface area contributed by atoms with Crippen molar-refractivity contribution in [2.45, 2.75) is 40.5 Å². The van der Waals surface area contributed by atoms with Gasteiger partial charge in [-0.3, -0.25) is 4.79 Å². The topological polar surface area (TPSA) is 34.1 Å². The molecule has 0 fully saturated rings. The minimum absolute atomic E-state index is 0.167. The van der Waals surface area contributed by atoms with E-state index in [1.165, 1.54) is 13.8 Å². The van der Waals surface area contributed by atoms with Crippen LogP contribution in [-0.4, -0.2) is 11.6 Å². The van der Waals surface area contributed by atoms with Crippen molar-refractivity contribution in [3.63, 3.8) is 0 Å². The lowest BCUT2D eigenvalue weighted by Gasteiger charge is -1.81. The maximum atomic E-state index is 10.2. The monoisotopic (exact) mass is 144 g/mol. The van der Waals surface area contributed by atoms with Gasteiger partial charge in [0.1, 0.15) is 11.6 Å². The van der Waals surface area contributed by atoms with Crippen LogP contribution in [0.2, 0.25) is 0 Å². The Kier molecular flexibility index (Phi) is 10.1. The first-order chi connectivity index (χ1) is 4.54. The van der Waals surface area contributed by atoms with Gasteiger partial charge < -0.3 is 4.79 Å². The van der Waals surface area contributed by atoms with E-state index in [1.54, 1.807) is 0 Å². The second-order valence-corrected chi connectivity index (χ2v) is 2.15. The lowest BCUT2D eigenvalue weighted by atomic mass is 10.3. The fraction of sp³-hybridized carbons (Fsp3) is 0.750. The molecule has 0 atom stereocenters. The van der Waals surface area contributed by atoms with Crippen molar-refractivity contribution in [2.24, 2.45) is 0 Å². The summed E-state index contributed by atoms with van der Waals surface area (Å²) in [4.78, 5) is 19.6. The van der Waals surface area contributed by atoms with E-state index in [9.17, 15) is 9.59 Å². The van der Waals surface area contributed by atoms with Gasteiger partial charge in [-0.1, -0.05) is 13.8 Å². The van der Waals surface area contributed by atoms with Gasteiger partial charge in [-0.05, 0) is 13.8 Å². The maximum absolute atomic E-state index is 10.2. The van der Waals surface area contributed by atoms with Crippen molar-refractivity contribution >= 4 is 11.6 Å². The van der Waals surface area contributed by atoms with Gasteiger partial charge in [0, 0.05) is 12.8 Å². The summed E-state index contributed by atoms with van der Waals surface area (Å²) in [5, 5.41) is 0. The number of hydrogen-bond acceptors (Lipinski definition) is 2. The van der Waals surface area contributed by atoms with E-state index < -0.39 is 0 Å². The number of Topliss-reactive ketones (excluding diaryl/α,β-unsaturated/α-hetero) is 2. The van der Waals surface area contributed by atoms with E-state index in [4.69, 9.17) is 0 Å². The Bertz CT molecular complexity index is 95.8. The molecule has 0 aromatic carbocycles. The molecule has 0 aliphatic carbocycles. The molecule has 0 aliphatic rings. The van der Waals surface area contributed by atoms with Crippen molar-refractivity contribution in [3.8, 4) is 0 Å². The first kappa shape index (κ1) is 12.1. The number of rotatable bonds is 2. The Morgan fingerprint density at radius 1 is 1.00 bits per heavy atom. The largest absolute Gasteiger partial charge is 0.300 e. The molecular weight excluding hydrogens is 128 g/mol. The van der Waals surface area contributed by atoms with Crippen LogP contribution in [0.4, 0.5) is 0 Å². The maximum Gasteiger partial charge on any atom is 0.132 e. The number of ketones is 2. The van der Waals surface area contributed by atoms with Crippen LogP contribution in [0.5, 0.6) is 0 Å². The highest BCUT2D eigenvalue weighted by Gasteiger charge is 1.86. The van der Waals surface area contributed by atoms with E-state index in [2.05, 4.69) is 0 Å². The molecule has 60 valence electrons.